The number of hydrazine groups is 1. The minimum Gasteiger partial charge on any atom is -0.289 e. The van der Waals surface area contributed by atoms with Gasteiger partial charge in [0.05, 0.1) is 5.69 Å². The van der Waals surface area contributed by atoms with Gasteiger partial charge in [0.15, 0.2) is 0 Å². The highest BCUT2D eigenvalue weighted by Gasteiger charge is 2.26. The first-order chi connectivity index (χ1) is 7.90. The van der Waals surface area contributed by atoms with Crippen LogP contribution < -0.4 is 11.3 Å². The number of rotatable bonds is 4. The van der Waals surface area contributed by atoms with Crippen molar-refractivity contribution in [1.82, 2.24) is 10.4 Å². The zero-order valence-corrected chi connectivity index (χ0v) is 12.3. The summed E-state index contributed by atoms with van der Waals surface area (Å²) in [6, 6.07) is 0. The molecule has 0 spiro atoms. The predicted molar refractivity (Wildman–Crippen MR) is 74.3 cm³/mol. The zero-order valence-electron chi connectivity index (χ0n) is 10.7. The summed E-state index contributed by atoms with van der Waals surface area (Å²) >= 11 is 3.23. The highest BCUT2D eigenvalue weighted by atomic mass is 32.2. The Kier molecular flexibility index (Phi) is 4.97. The van der Waals surface area contributed by atoms with Crippen molar-refractivity contribution in [2.24, 2.45) is 5.84 Å². The fourth-order valence-electron chi connectivity index (χ4n) is 1.34. The second kappa shape index (κ2) is 5.84. The number of thiazole rings is 1. The maximum atomic E-state index is 11.7. The van der Waals surface area contributed by atoms with E-state index >= 15 is 0 Å². The number of carbonyl (C=O) groups is 1. The van der Waals surface area contributed by atoms with E-state index in [-0.39, 0.29) is 11.3 Å². The summed E-state index contributed by atoms with van der Waals surface area (Å²) in [5, 5.41) is 0.986. The minimum absolute atomic E-state index is 0.145. The van der Waals surface area contributed by atoms with Crippen LogP contribution in [0.4, 0.5) is 0 Å². The number of aromatic nitrogens is 1. The van der Waals surface area contributed by atoms with Gasteiger partial charge in [0, 0.05) is 11.2 Å². The maximum Gasteiger partial charge on any atom is 0.277 e. The number of carbonyl (C=O) groups excluding carboxylic acids is 1. The quantitative estimate of drug-likeness (QED) is 0.502. The van der Waals surface area contributed by atoms with Crippen molar-refractivity contribution in [2.45, 2.75) is 38.9 Å². The van der Waals surface area contributed by atoms with Crippen molar-refractivity contribution in [2.75, 3.05) is 5.75 Å². The Labute approximate surface area is 110 Å². The standard InChI is InChI=1S/C11H19N3OS2/c1-5-16-6-7-13-9(11(2,3)4)8(17-7)10(15)14-12/h5-6,12H2,1-4H3,(H,14,15). The number of hydrogen-bond acceptors (Lipinski definition) is 5. The van der Waals surface area contributed by atoms with Crippen LogP contribution in [0, 0.1) is 0 Å². The molecule has 96 valence electrons. The van der Waals surface area contributed by atoms with E-state index in [0.29, 0.717) is 4.88 Å². The Morgan fingerprint density at radius 1 is 1.53 bits per heavy atom. The van der Waals surface area contributed by atoms with E-state index in [9.17, 15) is 4.79 Å². The maximum absolute atomic E-state index is 11.7. The molecule has 1 heterocycles. The van der Waals surface area contributed by atoms with Crippen molar-refractivity contribution in [1.29, 1.82) is 0 Å². The second-order valence-corrected chi connectivity index (χ2v) is 7.00. The van der Waals surface area contributed by atoms with Gasteiger partial charge in [0.1, 0.15) is 9.88 Å². The SMILES string of the molecule is CCSCc1nc(C(C)(C)C)c(C(=O)NN)s1. The molecule has 1 aromatic rings. The smallest absolute Gasteiger partial charge is 0.277 e. The molecule has 0 aliphatic rings. The van der Waals surface area contributed by atoms with Crippen LogP contribution in [0.1, 0.15) is 48.1 Å². The van der Waals surface area contributed by atoms with Gasteiger partial charge < -0.3 is 0 Å². The van der Waals surface area contributed by atoms with Crippen molar-refractivity contribution >= 4 is 29.0 Å². The third-order valence-electron chi connectivity index (χ3n) is 2.15. The number of nitrogen functional groups attached to an aromatic ring is 1. The molecular formula is C11H19N3OS2. The van der Waals surface area contributed by atoms with Crippen LogP contribution in [0.5, 0.6) is 0 Å². The van der Waals surface area contributed by atoms with E-state index in [1.807, 2.05) is 20.8 Å². The average molecular weight is 273 g/mol. The molecule has 3 N–H and O–H groups in total. The van der Waals surface area contributed by atoms with Crippen LogP contribution in [0.25, 0.3) is 0 Å². The summed E-state index contributed by atoms with van der Waals surface area (Å²) in [6.07, 6.45) is 0. The van der Waals surface area contributed by atoms with Crippen LogP contribution in [-0.2, 0) is 11.2 Å². The van der Waals surface area contributed by atoms with Gasteiger partial charge in [-0.15, -0.1) is 11.3 Å². The summed E-state index contributed by atoms with van der Waals surface area (Å²) in [4.78, 5) is 16.9. The Balaban J connectivity index is 3.08. The molecule has 0 aromatic carbocycles. The molecule has 0 saturated heterocycles. The van der Waals surface area contributed by atoms with Gasteiger partial charge >= 0.3 is 0 Å². The fraction of sp³-hybridized carbons (Fsp3) is 0.636. The van der Waals surface area contributed by atoms with Gasteiger partial charge in [-0.25, -0.2) is 10.8 Å². The molecule has 4 nitrogen and oxygen atoms in total. The largest absolute Gasteiger partial charge is 0.289 e. The lowest BCUT2D eigenvalue weighted by Crippen LogP contribution is -2.31. The molecule has 0 unspecified atom stereocenters. The van der Waals surface area contributed by atoms with Gasteiger partial charge in [0.25, 0.3) is 5.91 Å². The first kappa shape index (κ1) is 14.5. The van der Waals surface area contributed by atoms with Gasteiger partial charge in [-0.3, -0.25) is 10.2 Å². The molecule has 0 fully saturated rings. The van der Waals surface area contributed by atoms with E-state index in [0.717, 1.165) is 22.2 Å². The van der Waals surface area contributed by atoms with Crippen molar-refractivity contribution in [3.05, 3.63) is 15.6 Å². The predicted octanol–water partition coefficient (Wildman–Crippen LogP) is 2.30. The fourth-order valence-corrected chi connectivity index (χ4v) is 3.24. The summed E-state index contributed by atoms with van der Waals surface area (Å²) < 4.78 is 0. The minimum atomic E-state index is -0.250. The molecule has 0 aliphatic heterocycles. The number of amides is 1. The highest BCUT2D eigenvalue weighted by Crippen LogP contribution is 2.31. The number of nitrogens with one attached hydrogen (secondary N) is 1. The molecule has 6 heteroatoms. The number of thioether (sulfide) groups is 1. The lowest BCUT2D eigenvalue weighted by molar-refractivity contribution is 0.0955. The van der Waals surface area contributed by atoms with Crippen molar-refractivity contribution < 1.29 is 4.79 Å². The van der Waals surface area contributed by atoms with Crippen LogP contribution >= 0.6 is 23.1 Å². The lowest BCUT2D eigenvalue weighted by atomic mass is 9.91. The summed E-state index contributed by atoms with van der Waals surface area (Å²) in [6.45, 7) is 8.25. The third-order valence-corrected chi connectivity index (χ3v) is 4.27. The molecule has 1 amide bonds. The topological polar surface area (TPSA) is 68.0 Å². The second-order valence-electron chi connectivity index (χ2n) is 4.65. The number of nitrogens with zero attached hydrogens (tertiary/aromatic N) is 1. The van der Waals surface area contributed by atoms with Gasteiger partial charge in [-0.1, -0.05) is 27.7 Å². The summed E-state index contributed by atoms with van der Waals surface area (Å²) in [5.41, 5.74) is 2.87. The molecule has 0 bridgehead atoms. The zero-order chi connectivity index (χ0) is 13.1. The van der Waals surface area contributed by atoms with Gasteiger partial charge in [-0.05, 0) is 5.75 Å². The van der Waals surface area contributed by atoms with Crippen molar-refractivity contribution in [3.63, 3.8) is 0 Å². The molecule has 1 rings (SSSR count). The molecule has 0 radical (unpaired) electrons. The van der Waals surface area contributed by atoms with Crippen LogP contribution in [-0.4, -0.2) is 16.6 Å². The molecule has 0 atom stereocenters. The first-order valence-corrected chi connectivity index (χ1v) is 7.46. The van der Waals surface area contributed by atoms with E-state index < -0.39 is 0 Å². The van der Waals surface area contributed by atoms with Gasteiger partial charge in [-0.2, -0.15) is 11.8 Å². The molecule has 17 heavy (non-hydrogen) atoms. The number of nitrogens with two attached hydrogens (primary N) is 1. The van der Waals surface area contributed by atoms with Crippen LogP contribution in [0.3, 0.4) is 0 Å². The molecule has 1 aromatic heterocycles. The summed E-state index contributed by atoms with van der Waals surface area (Å²) in [7, 11) is 0. The van der Waals surface area contributed by atoms with E-state index in [1.54, 1.807) is 11.8 Å². The van der Waals surface area contributed by atoms with E-state index in [1.165, 1.54) is 11.3 Å². The molecule has 0 aliphatic carbocycles. The molecule has 0 saturated carbocycles. The normalized spacial score (nSPS) is 11.6. The van der Waals surface area contributed by atoms with Crippen LogP contribution in [0.2, 0.25) is 0 Å². The van der Waals surface area contributed by atoms with Crippen LogP contribution in [0.15, 0.2) is 0 Å². The number of hydrogen-bond donors (Lipinski definition) is 2. The van der Waals surface area contributed by atoms with Crippen molar-refractivity contribution in [3.8, 4) is 0 Å². The summed E-state index contributed by atoms with van der Waals surface area (Å²) in [5.74, 6) is 6.84. The monoisotopic (exact) mass is 273 g/mol. The highest BCUT2D eigenvalue weighted by molar-refractivity contribution is 7.98. The van der Waals surface area contributed by atoms with Gasteiger partial charge in [0.2, 0.25) is 0 Å². The lowest BCUT2D eigenvalue weighted by Gasteiger charge is -2.16. The van der Waals surface area contributed by atoms with E-state index in [2.05, 4.69) is 17.3 Å². The first-order valence-electron chi connectivity index (χ1n) is 5.49. The Hall–Kier alpha value is -0.590. The average Bonchev–Trinajstić information content (AvgIpc) is 2.69. The van der Waals surface area contributed by atoms with E-state index in [4.69, 9.17) is 5.84 Å². The Bertz CT molecular complexity index is 396. The Morgan fingerprint density at radius 2 is 2.18 bits per heavy atom. The molecular weight excluding hydrogens is 254 g/mol. The Morgan fingerprint density at radius 3 is 2.65 bits per heavy atom. The third kappa shape index (κ3) is 3.69.